The number of carbonyl (C=O) groups is 2. The number of hydrogen-bond donors (Lipinski definition) is 2. The number of ether oxygens (including phenoxy) is 1. The highest BCUT2D eigenvalue weighted by molar-refractivity contribution is 7.92. The number of benzene rings is 2. The van der Waals surface area contributed by atoms with Gasteiger partial charge in [0.2, 0.25) is 21.8 Å². The van der Waals surface area contributed by atoms with Crippen molar-refractivity contribution in [2.24, 2.45) is 17.8 Å². The first kappa shape index (κ1) is 32.7. The number of rotatable bonds is 14. The summed E-state index contributed by atoms with van der Waals surface area (Å²) in [6, 6.07) is 14.0. The molecule has 0 saturated carbocycles. The highest BCUT2D eigenvalue weighted by Crippen LogP contribution is 2.27. The van der Waals surface area contributed by atoms with Gasteiger partial charge in [-0.3, -0.25) is 25.1 Å². The average Bonchev–Trinajstić information content (AvgIpc) is 2.96. The lowest BCUT2D eigenvalue weighted by Crippen LogP contribution is -2.51. The zero-order valence-electron chi connectivity index (χ0n) is 24.0. The number of carbonyl (C=O) groups excluding carboxylic acids is 2. The van der Waals surface area contributed by atoms with Crippen molar-refractivity contribution in [3.05, 3.63) is 76.4 Å². The molecule has 0 radical (unpaired) electrons. The van der Waals surface area contributed by atoms with Gasteiger partial charge in [-0.25, -0.2) is 18.7 Å². The summed E-state index contributed by atoms with van der Waals surface area (Å²) in [6.45, 7) is 4.32. The van der Waals surface area contributed by atoms with Crippen LogP contribution >= 0.6 is 0 Å². The van der Waals surface area contributed by atoms with E-state index in [4.69, 9.17) is 9.57 Å². The van der Waals surface area contributed by atoms with Gasteiger partial charge in [0.15, 0.2) is 6.29 Å². The second-order valence-corrected chi connectivity index (χ2v) is 12.4. The van der Waals surface area contributed by atoms with Crippen LogP contribution in [-0.2, 0) is 29.2 Å². The summed E-state index contributed by atoms with van der Waals surface area (Å²) in [7, 11) is -3.91. The van der Waals surface area contributed by atoms with Crippen LogP contribution in [0.1, 0.15) is 51.5 Å². The summed E-state index contributed by atoms with van der Waals surface area (Å²) < 4.78 is 31.6. The molecule has 2 amide bonds. The zero-order valence-corrected chi connectivity index (χ0v) is 24.8. The first-order chi connectivity index (χ1) is 20.0. The number of hydroxylamine groups is 1. The number of nitrogens with zero attached hydrogens (tertiary/aromatic N) is 2. The van der Waals surface area contributed by atoms with Gasteiger partial charge in [-0.1, -0.05) is 44.2 Å². The summed E-state index contributed by atoms with van der Waals surface area (Å²) in [6.07, 6.45) is 6.57. The minimum absolute atomic E-state index is 0.0132. The molecule has 228 valence electrons. The Labute approximate surface area is 246 Å². The van der Waals surface area contributed by atoms with Gasteiger partial charge in [-0.2, -0.15) is 4.41 Å². The van der Waals surface area contributed by atoms with E-state index in [0.29, 0.717) is 18.6 Å². The van der Waals surface area contributed by atoms with Crippen molar-refractivity contribution in [1.82, 2.24) is 10.9 Å². The molecule has 1 unspecified atom stereocenters. The molecule has 12 nitrogen and oxygen atoms in total. The third-order valence-electron chi connectivity index (χ3n) is 6.65. The highest BCUT2D eigenvalue weighted by atomic mass is 32.2. The number of non-ortho nitro benzene ring substituents is 1. The minimum Gasteiger partial charge on any atom is -0.350 e. The van der Waals surface area contributed by atoms with Gasteiger partial charge < -0.3 is 4.74 Å². The molecule has 1 fully saturated rings. The largest absolute Gasteiger partial charge is 0.350 e. The van der Waals surface area contributed by atoms with Crippen LogP contribution in [0.2, 0.25) is 0 Å². The molecular weight excluding hydrogens is 564 g/mol. The summed E-state index contributed by atoms with van der Waals surface area (Å²) in [5.74, 6) is -3.08. The highest BCUT2D eigenvalue weighted by Gasteiger charge is 2.36. The van der Waals surface area contributed by atoms with Crippen molar-refractivity contribution in [3.63, 3.8) is 0 Å². The van der Waals surface area contributed by atoms with Crippen molar-refractivity contribution in [1.29, 1.82) is 0 Å². The van der Waals surface area contributed by atoms with Crippen molar-refractivity contribution in [2.75, 3.05) is 17.3 Å². The third-order valence-corrected chi connectivity index (χ3v) is 7.62. The molecule has 2 aromatic rings. The van der Waals surface area contributed by atoms with E-state index in [-0.39, 0.29) is 30.1 Å². The van der Waals surface area contributed by atoms with E-state index < -0.39 is 44.9 Å². The summed E-state index contributed by atoms with van der Waals surface area (Å²) in [5, 5.41) is 11.0. The normalized spacial score (nSPS) is 17.0. The Hall–Kier alpha value is -3.81. The maximum atomic E-state index is 13.7. The maximum Gasteiger partial charge on any atom is 0.269 e. The van der Waals surface area contributed by atoms with Crippen molar-refractivity contribution >= 4 is 39.3 Å². The van der Waals surface area contributed by atoms with Crippen LogP contribution in [0.5, 0.6) is 0 Å². The number of allylic oxidation sites excluding steroid dienone is 1. The SMILES string of the molecule is CC(C)C[C@@H](C(=O)NN(c1ccccc1)S(C)(=O)=O)[C@H](CC=Cc1ccc([N+](=O)[O-])cc1)C(=O)NOC1CCCCO1. The lowest BCUT2D eigenvalue weighted by Gasteiger charge is -2.30. The lowest BCUT2D eigenvalue weighted by molar-refractivity contribution is -0.384. The van der Waals surface area contributed by atoms with Gasteiger partial charge in [0.25, 0.3) is 5.69 Å². The molecule has 1 heterocycles. The zero-order chi connectivity index (χ0) is 30.7. The molecule has 0 bridgehead atoms. The number of hydrogen-bond acceptors (Lipinski definition) is 8. The van der Waals surface area contributed by atoms with Crippen molar-refractivity contribution < 1.29 is 32.5 Å². The molecule has 3 atom stereocenters. The molecule has 1 aliphatic rings. The van der Waals surface area contributed by atoms with Crippen LogP contribution in [0, 0.1) is 27.9 Å². The first-order valence-corrected chi connectivity index (χ1v) is 15.6. The van der Waals surface area contributed by atoms with Crippen LogP contribution in [0.4, 0.5) is 11.4 Å². The monoisotopic (exact) mass is 602 g/mol. The number of nitro benzene ring substituents is 1. The van der Waals surface area contributed by atoms with Gasteiger partial charge in [-0.05, 0) is 61.4 Å². The molecule has 0 aliphatic carbocycles. The lowest BCUT2D eigenvalue weighted by atomic mass is 9.82. The molecule has 1 aliphatic heterocycles. The summed E-state index contributed by atoms with van der Waals surface area (Å²) >= 11 is 0. The number of sulfonamides is 1. The van der Waals surface area contributed by atoms with E-state index in [1.54, 1.807) is 54.6 Å². The second-order valence-electron chi connectivity index (χ2n) is 10.5. The Bertz CT molecular complexity index is 1330. The minimum atomic E-state index is -3.91. The van der Waals surface area contributed by atoms with Crippen LogP contribution in [0.15, 0.2) is 60.7 Å². The van der Waals surface area contributed by atoms with E-state index >= 15 is 0 Å². The van der Waals surface area contributed by atoms with Gasteiger partial charge in [0.1, 0.15) is 0 Å². The number of amides is 2. The van der Waals surface area contributed by atoms with Crippen LogP contribution < -0.4 is 15.3 Å². The predicted octanol–water partition coefficient (Wildman–Crippen LogP) is 4.35. The van der Waals surface area contributed by atoms with Gasteiger partial charge in [0.05, 0.1) is 28.7 Å². The van der Waals surface area contributed by atoms with E-state index in [1.165, 1.54) is 12.1 Å². The number of hydrazine groups is 1. The third kappa shape index (κ3) is 9.93. The van der Waals surface area contributed by atoms with Gasteiger partial charge in [-0.15, -0.1) is 0 Å². The number of nitrogens with one attached hydrogen (secondary N) is 2. The van der Waals surface area contributed by atoms with Gasteiger partial charge >= 0.3 is 0 Å². The number of nitro groups is 1. The fourth-order valence-corrected chi connectivity index (χ4v) is 5.32. The molecule has 42 heavy (non-hydrogen) atoms. The Morgan fingerprint density at radius 1 is 1.10 bits per heavy atom. The standard InChI is InChI=1S/C29H38N4O8S/c1-21(2)20-26(28(34)30-32(42(3,38)39)23-11-5-4-6-12-23)25(29(35)31-41-27-14-7-8-19-40-27)13-9-10-22-15-17-24(18-16-22)33(36)37/h4-6,9-12,15-18,21,25-27H,7-8,13-14,19-20H2,1-3H3,(H,30,34)(H,31,35)/t25-,26+,27?/m0/s1. The molecule has 3 rings (SSSR count). The maximum absolute atomic E-state index is 13.7. The van der Waals surface area contributed by atoms with Crippen molar-refractivity contribution in [2.45, 2.75) is 52.2 Å². The Morgan fingerprint density at radius 3 is 2.36 bits per heavy atom. The summed E-state index contributed by atoms with van der Waals surface area (Å²) in [5.41, 5.74) is 5.84. The molecule has 0 spiro atoms. The molecular formula is C29H38N4O8S. The van der Waals surface area contributed by atoms with E-state index in [9.17, 15) is 28.1 Å². The fourth-order valence-electron chi connectivity index (χ4n) is 4.56. The van der Waals surface area contributed by atoms with Crippen LogP contribution in [0.25, 0.3) is 6.08 Å². The Morgan fingerprint density at radius 2 is 1.79 bits per heavy atom. The molecule has 2 aromatic carbocycles. The Kier molecular flexibility index (Phi) is 12.0. The predicted molar refractivity (Wildman–Crippen MR) is 158 cm³/mol. The number of anilines is 1. The first-order valence-electron chi connectivity index (χ1n) is 13.8. The van der Waals surface area contributed by atoms with E-state index in [0.717, 1.165) is 23.5 Å². The van der Waals surface area contributed by atoms with Crippen LogP contribution in [0.3, 0.4) is 0 Å². The molecule has 0 aromatic heterocycles. The smallest absolute Gasteiger partial charge is 0.269 e. The second kappa shape index (κ2) is 15.4. The van der Waals surface area contributed by atoms with Gasteiger partial charge in [0, 0.05) is 25.2 Å². The quantitative estimate of drug-likeness (QED) is 0.239. The van der Waals surface area contributed by atoms with E-state index in [1.807, 2.05) is 13.8 Å². The topological polar surface area (TPSA) is 157 Å². The molecule has 13 heteroatoms. The molecule has 2 N–H and O–H groups in total. The average molecular weight is 603 g/mol. The van der Waals surface area contributed by atoms with Crippen molar-refractivity contribution in [3.8, 4) is 0 Å². The Balaban J connectivity index is 1.87. The van der Waals surface area contributed by atoms with Crippen LogP contribution in [-0.4, -0.2) is 44.3 Å². The van der Waals surface area contributed by atoms with E-state index in [2.05, 4.69) is 10.9 Å². The summed E-state index contributed by atoms with van der Waals surface area (Å²) in [4.78, 5) is 43.3. The number of para-hydroxylation sites is 1. The molecule has 1 saturated heterocycles. The fraction of sp³-hybridized carbons (Fsp3) is 0.448.